The van der Waals surface area contributed by atoms with Crippen LogP contribution >= 0.6 is 20.0 Å². The molecule has 13 nitrogen and oxygen atoms in total. The number of carbonyl (C=O) groups is 1. The predicted octanol–water partition coefficient (Wildman–Crippen LogP) is 2.61. The van der Waals surface area contributed by atoms with Gasteiger partial charge in [0.25, 0.3) is 0 Å². The maximum absolute atomic E-state index is 13.8. The van der Waals surface area contributed by atoms with Crippen molar-refractivity contribution >= 4 is 43.0 Å². The van der Waals surface area contributed by atoms with E-state index in [0.717, 1.165) is 0 Å². The van der Waals surface area contributed by atoms with Crippen LogP contribution in [-0.4, -0.2) is 60.5 Å². The molecule has 1 saturated heterocycles. The average molecular weight is 551 g/mol. The van der Waals surface area contributed by atoms with E-state index in [1.54, 1.807) is 48.7 Å². The lowest BCUT2D eigenvalue weighted by molar-refractivity contribution is -0.149. The number of nitrogen functional groups attached to an aromatic ring is 1. The minimum Gasteiger partial charge on any atom is -0.462 e. The number of rotatable bonds is 9. The van der Waals surface area contributed by atoms with E-state index in [9.17, 15) is 14.5 Å². The number of hydrogen-bond acceptors (Lipinski definition) is 11. The van der Waals surface area contributed by atoms with Crippen LogP contribution in [0.1, 0.15) is 33.4 Å². The SMILES string of the molecule is CC(C)OC(=O)[C@@H](C)NP(=O)(Oc1ccccc1)O[C@H]1[C@H]2O[C@@H](n3cnc4c(=S)[nH]c(N)nc43)C[C@]21O. The topological polar surface area (TPSA) is 176 Å². The van der Waals surface area contributed by atoms with Crippen LogP contribution in [0.2, 0.25) is 0 Å². The molecule has 1 saturated carbocycles. The van der Waals surface area contributed by atoms with E-state index in [2.05, 4.69) is 20.0 Å². The summed E-state index contributed by atoms with van der Waals surface area (Å²) in [5.74, 6) is -0.249. The largest absolute Gasteiger partial charge is 0.462 e. The van der Waals surface area contributed by atoms with Crippen molar-refractivity contribution in [2.45, 2.75) is 63.4 Å². The maximum Gasteiger partial charge on any atom is 0.459 e. The van der Waals surface area contributed by atoms with Gasteiger partial charge in [-0.3, -0.25) is 13.9 Å². The summed E-state index contributed by atoms with van der Waals surface area (Å²) in [6.45, 7) is 4.89. The van der Waals surface area contributed by atoms with Crippen LogP contribution in [0.4, 0.5) is 5.95 Å². The molecule has 2 aromatic heterocycles. The molecule has 1 aliphatic carbocycles. The second-order valence-electron chi connectivity index (χ2n) is 9.25. The molecule has 15 heteroatoms. The molecule has 5 N–H and O–H groups in total. The summed E-state index contributed by atoms with van der Waals surface area (Å²) in [6, 6.07) is 7.34. The number of benzene rings is 1. The van der Waals surface area contributed by atoms with Gasteiger partial charge in [-0.25, -0.2) is 9.55 Å². The van der Waals surface area contributed by atoms with Crippen molar-refractivity contribution < 1.29 is 33.0 Å². The van der Waals surface area contributed by atoms with Crippen LogP contribution in [0.25, 0.3) is 11.2 Å². The van der Waals surface area contributed by atoms with E-state index in [1.165, 1.54) is 13.3 Å². The Balaban J connectivity index is 1.33. The Kier molecular flexibility index (Phi) is 6.59. The van der Waals surface area contributed by atoms with Gasteiger partial charge in [-0.1, -0.05) is 30.4 Å². The van der Waals surface area contributed by atoms with Gasteiger partial charge in [0.05, 0.1) is 12.4 Å². The number of hydrogen-bond donors (Lipinski definition) is 4. The molecule has 3 heterocycles. The van der Waals surface area contributed by atoms with Gasteiger partial charge in [-0.05, 0) is 32.9 Å². The Morgan fingerprint density at radius 2 is 2.11 bits per heavy atom. The highest BCUT2D eigenvalue weighted by Crippen LogP contribution is 2.61. The van der Waals surface area contributed by atoms with Gasteiger partial charge in [0.15, 0.2) is 5.65 Å². The molecule has 2 aliphatic rings. The van der Waals surface area contributed by atoms with E-state index < -0.39 is 43.8 Å². The Bertz CT molecular complexity index is 1430. The van der Waals surface area contributed by atoms with E-state index in [-0.39, 0.29) is 24.2 Å². The first-order chi connectivity index (χ1) is 17.5. The smallest absolute Gasteiger partial charge is 0.459 e. The highest BCUT2D eigenvalue weighted by Gasteiger charge is 2.74. The fourth-order valence-electron chi connectivity index (χ4n) is 4.21. The second-order valence-corrected chi connectivity index (χ2v) is 11.3. The summed E-state index contributed by atoms with van der Waals surface area (Å²) in [4.78, 5) is 23.6. The average Bonchev–Trinajstić information content (AvgIpc) is 3.13. The van der Waals surface area contributed by atoms with Crippen LogP contribution in [-0.2, 0) is 23.4 Å². The summed E-state index contributed by atoms with van der Waals surface area (Å²) in [5.41, 5.74) is 5.18. The molecular weight excluding hydrogens is 523 g/mol. The van der Waals surface area contributed by atoms with Crippen molar-refractivity contribution in [3.8, 4) is 5.75 Å². The molecule has 0 bridgehead atoms. The summed E-state index contributed by atoms with van der Waals surface area (Å²) >= 11 is 5.24. The van der Waals surface area contributed by atoms with Gasteiger partial charge < -0.3 is 29.8 Å². The van der Waals surface area contributed by atoms with E-state index >= 15 is 0 Å². The Labute approximate surface area is 216 Å². The molecule has 0 amide bonds. The Morgan fingerprint density at radius 3 is 2.76 bits per heavy atom. The van der Waals surface area contributed by atoms with Crippen LogP contribution in [0.5, 0.6) is 5.75 Å². The molecule has 2 fully saturated rings. The van der Waals surface area contributed by atoms with Gasteiger partial charge in [0.1, 0.15) is 46.0 Å². The van der Waals surface area contributed by atoms with Crippen molar-refractivity contribution in [1.29, 1.82) is 0 Å². The van der Waals surface area contributed by atoms with Gasteiger partial charge in [0.2, 0.25) is 5.95 Å². The minimum absolute atomic E-state index is 0.0943. The number of imidazole rings is 1. The van der Waals surface area contributed by atoms with Gasteiger partial charge in [-0.2, -0.15) is 10.1 Å². The molecule has 6 atom stereocenters. The van der Waals surface area contributed by atoms with Crippen molar-refractivity contribution in [3.05, 3.63) is 41.3 Å². The number of carbonyl (C=O) groups excluding carboxylic acids is 1. The molecule has 1 unspecified atom stereocenters. The number of para-hydroxylation sites is 1. The Morgan fingerprint density at radius 1 is 1.38 bits per heavy atom. The fraction of sp³-hybridized carbons (Fsp3) is 0.455. The van der Waals surface area contributed by atoms with Crippen LogP contribution < -0.4 is 15.3 Å². The van der Waals surface area contributed by atoms with Gasteiger partial charge in [0, 0.05) is 6.42 Å². The molecule has 37 heavy (non-hydrogen) atoms. The summed E-state index contributed by atoms with van der Waals surface area (Å²) in [5, 5.41) is 13.8. The number of aromatic amines is 1. The highest BCUT2D eigenvalue weighted by molar-refractivity contribution is 7.71. The number of nitrogens with zero attached hydrogens (tertiary/aromatic N) is 3. The fourth-order valence-corrected chi connectivity index (χ4v) is 6.19. The number of fused-ring (bicyclic) bond motifs is 2. The molecule has 1 aromatic carbocycles. The molecular formula is C22H27N6O7PS. The lowest BCUT2D eigenvalue weighted by Crippen LogP contribution is -2.37. The standard InChI is InChI=1S/C22H27N6O7PS/c1-11(2)32-20(29)12(3)27-36(31,34-13-7-5-4-6-8-13)35-17-16-22(17,30)9-14(33-16)28-10-24-15-18(28)25-21(23)26-19(15)37/h4-8,10-12,14,16-17,30H,9H2,1-3H3,(H,27,31)(H3,23,25,26,37)/t12-,14-,16-,17+,22+,36?/m1/s1. The first kappa shape index (κ1) is 25.8. The van der Waals surface area contributed by atoms with Gasteiger partial charge in [-0.15, -0.1) is 0 Å². The number of aliphatic hydroxyl groups is 1. The summed E-state index contributed by atoms with van der Waals surface area (Å²) in [6.07, 6.45) is -1.18. The second kappa shape index (κ2) is 9.46. The van der Waals surface area contributed by atoms with Crippen LogP contribution in [0.3, 0.4) is 0 Å². The number of ether oxygens (including phenoxy) is 2. The lowest BCUT2D eigenvalue weighted by Gasteiger charge is -2.25. The number of H-pyrrole nitrogens is 1. The third kappa shape index (κ3) is 5.00. The minimum atomic E-state index is -4.17. The van der Waals surface area contributed by atoms with E-state index in [0.29, 0.717) is 15.8 Å². The van der Waals surface area contributed by atoms with Crippen molar-refractivity contribution in [1.82, 2.24) is 24.6 Å². The monoisotopic (exact) mass is 550 g/mol. The normalized spacial score (nSPS) is 27.0. The van der Waals surface area contributed by atoms with Crippen LogP contribution in [0, 0.1) is 4.64 Å². The molecule has 1 aliphatic heterocycles. The number of nitrogens with two attached hydrogens (primary N) is 1. The number of anilines is 1. The number of nitrogens with one attached hydrogen (secondary N) is 2. The maximum atomic E-state index is 13.8. The zero-order chi connectivity index (χ0) is 26.5. The van der Waals surface area contributed by atoms with Gasteiger partial charge >= 0.3 is 13.7 Å². The number of esters is 1. The third-order valence-electron chi connectivity index (χ3n) is 6.00. The molecule has 0 radical (unpaired) electrons. The summed E-state index contributed by atoms with van der Waals surface area (Å²) < 4.78 is 38.4. The first-order valence-corrected chi connectivity index (χ1v) is 13.6. The molecule has 198 valence electrons. The quantitative estimate of drug-likeness (QED) is 0.174. The molecule has 0 spiro atoms. The lowest BCUT2D eigenvalue weighted by atomic mass is 10.2. The zero-order valence-corrected chi connectivity index (χ0v) is 21.9. The van der Waals surface area contributed by atoms with Crippen molar-refractivity contribution in [2.75, 3.05) is 5.73 Å². The Hall–Kier alpha value is -2.87. The predicted molar refractivity (Wildman–Crippen MR) is 134 cm³/mol. The number of aromatic nitrogens is 4. The molecule has 3 aromatic rings. The van der Waals surface area contributed by atoms with Crippen molar-refractivity contribution in [2.24, 2.45) is 0 Å². The first-order valence-electron chi connectivity index (χ1n) is 11.6. The van der Waals surface area contributed by atoms with E-state index in [4.69, 9.17) is 36.5 Å². The summed E-state index contributed by atoms with van der Waals surface area (Å²) in [7, 11) is -4.17. The zero-order valence-electron chi connectivity index (χ0n) is 20.2. The van der Waals surface area contributed by atoms with Crippen molar-refractivity contribution in [3.63, 3.8) is 0 Å². The third-order valence-corrected chi connectivity index (χ3v) is 7.95. The van der Waals surface area contributed by atoms with Crippen LogP contribution in [0.15, 0.2) is 36.7 Å². The molecule has 5 rings (SSSR count). The van der Waals surface area contributed by atoms with E-state index in [1.807, 2.05) is 0 Å². The highest BCUT2D eigenvalue weighted by atomic mass is 32.1.